The zero-order valence-electron chi connectivity index (χ0n) is 14.3. The van der Waals surface area contributed by atoms with Crippen molar-refractivity contribution >= 4 is 6.09 Å². The standard InChI is InChI=1S/C16H32N2O3/c1-13(12-20-5)10-17-11-14-6-8-18(9-7-14)15(19)21-16(2,3)4/h13-14,17H,6-12H2,1-5H3. The number of nitrogens with one attached hydrogen (secondary N) is 1. The van der Waals surface area contributed by atoms with Crippen LogP contribution >= 0.6 is 0 Å². The van der Waals surface area contributed by atoms with E-state index in [0.717, 1.165) is 45.6 Å². The van der Waals surface area contributed by atoms with Gasteiger partial charge >= 0.3 is 6.09 Å². The molecule has 1 unspecified atom stereocenters. The minimum Gasteiger partial charge on any atom is -0.444 e. The zero-order valence-corrected chi connectivity index (χ0v) is 14.3. The highest BCUT2D eigenvalue weighted by Gasteiger charge is 2.26. The first kappa shape index (κ1) is 18.2. The second-order valence-corrected chi connectivity index (χ2v) is 7.13. The van der Waals surface area contributed by atoms with E-state index in [1.165, 1.54) is 0 Å². The fraction of sp³-hybridized carbons (Fsp3) is 0.938. The van der Waals surface area contributed by atoms with Crippen molar-refractivity contribution < 1.29 is 14.3 Å². The molecule has 0 radical (unpaired) electrons. The summed E-state index contributed by atoms with van der Waals surface area (Å²) in [6, 6.07) is 0. The molecule has 0 spiro atoms. The summed E-state index contributed by atoms with van der Waals surface area (Å²) >= 11 is 0. The van der Waals surface area contributed by atoms with Gasteiger partial charge in [-0.25, -0.2) is 4.79 Å². The number of nitrogens with zero attached hydrogens (tertiary/aromatic N) is 1. The van der Waals surface area contributed by atoms with Gasteiger partial charge in [-0.3, -0.25) is 0 Å². The Balaban J connectivity index is 2.19. The maximum Gasteiger partial charge on any atom is 0.410 e. The van der Waals surface area contributed by atoms with Crippen molar-refractivity contribution in [2.24, 2.45) is 11.8 Å². The average Bonchev–Trinajstić information content (AvgIpc) is 2.38. The summed E-state index contributed by atoms with van der Waals surface area (Å²) in [5.41, 5.74) is -0.410. The first-order valence-corrected chi connectivity index (χ1v) is 7.99. The Bertz CT molecular complexity index is 307. The summed E-state index contributed by atoms with van der Waals surface area (Å²) in [6.45, 7) is 12.3. The molecule has 124 valence electrons. The van der Waals surface area contributed by atoms with Crippen LogP contribution in [-0.4, -0.2) is 56.5 Å². The Labute approximate surface area is 129 Å². The molecule has 0 saturated carbocycles. The molecule has 1 saturated heterocycles. The Morgan fingerprint density at radius 3 is 2.48 bits per heavy atom. The summed E-state index contributed by atoms with van der Waals surface area (Å²) < 4.78 is 10.5. The monoisotopic (exact) mass is 300 g/mol. The number of methoxy groups -OCH3 is 1. The van der Waals surface area contributed by atoms with E-state index < -0.39 is 5.60 Å². The van der Waals surface area contributed by atoms with Crippen LogP contribution in [0.1, 0.15) is 40.5 Å². The molecule has 1 aliphatic rings. The fourth-order valence-corrected chi connectivity index (χ4v) is 2.52. The maximum atomic E-state index is 12.0. The van der Waals surface area contributed by atoms with Crippen molar-refractivity contribution in [1.29, 1.82) is 0 Å². The molecule has 1 N–H and O–H groups in total. The van der Waals surface area contributed by atoms with Gasteiger partial charge in [-0.15, -0.1) is 0 Å². The molecule has 1 amide bonds. The van der Waals surface area contributed by atoms with Gasteiger partial charge in [0, 0.05) is 26.8 Å². The van der Waals surface area contributed by atoms with Crippen LogP contribution in [0.4, 0.5) is 4.79 Å². The van der Waals surface area contributed by atoms with Crippen LogP contribution < -0.4 is 5.32 Å². The highest BCUT2D eigenvalue weighted by molar-refractivity contribution is 5.68. The van der Waals surface area contributed by atoms with Gasteiger partial charge in [0.1, 0.15) is 5.60 Å². The molecular weight excluding hydrogens is 268 g/mol. The third-order valence-corrected chi connectivity index (χ3v) is 3.64. The summed E-state index contributed by atoms with van der Waals surface area (Å²) in [5.74, 6) is 1.19. The zero-order chi connectivity index (χ0) is 15.9. The van der Waals surface area contributed by atoms with Gasteiger partial charge in [-0.1, -0.05) is 6.92 Å². The molecule has 0 aromatic heterocycles. The van der Waals surface area contributed by atoms with E-state index in [4.69, 9.17) is 9.47 Å². The molecule has 1 heterocycles. The molecule has 21 heavy (non-hydrogen) atoms. The van der Waals surface area contributed by atoms with Crippen molar-refractivity contribution in [2.75, 3.05) is 39.9 Å². The second-order valence-electron chi connectivity index (χ2n) is 7.13. The Hall–Kier alpha value is -0.810. The van der Waals surface area contributed by atoms with Gasteiger partial charge in [0.25, 0.3) is 0 Å². The number of rotatable bonds is 6. The summed E-state index contributed by atoms with van der Waals surface area (Å²) in [7, 11) is 1.74. The number of amides is 1. The first-order valence-electron chi connectivity index (χ1n) is 7.99. The highest BCUT2D eigenvalue weighted by atomic mass is 16.6. The van der Waals surface area contributed by atoms with Crippen molar-refractivity contribution in [3.8, 4) is 0 Å². The first-order chi connectivity index (χ1) is 9.81. The van der Waals surface area contributed by atoms with E-state index >= 15 is 0 Å². The lowest BCUT2D eigenvalue weighted by atomic mass is 9.97. The molecule has 5 nitrogen and oxygen atoms in total. The van der Waals surface area contributed by atoms with Crippen LogP contribution in [0.5, 0.6) is 0 Å². The summed E-state index contributed by atoms with van der Waals surface area (Å²) in [5, 5.41) is 3.51. The van der Waals surface area contributed by atoms with Gasteiger partial charge in [-0.05, 0) is 58.5 Å². The van der Waals surface area contributed by atoms with Crippen molar-refractivity contribution in [3.63, 3.8) is 0 Å². The topological polar surface area (TPSA) is 50.8 Å². The molecule has 1 aliphatic heterocycles. The largest absolute Gasteiger partial charge is 0.444 e. The quantitative estimate of drug-likeness (QED) is 0.819. The summed E-state index contributed by atoms with van der Waals surface area (Å²) in [4.78, 5) is 13.8. The molecule has 5 heteroatoms. The van der Waals surface area contributed by atoms with Crippen LogP contribution in [0.25, 0.3) is 0 Å². The van der Waals surface area contributed by atoms with Crippen LogP contribution in [0.3, 0.4) is 0 Å². The van der Waals surface area contributed by atoms with Gasteiger partial charge < -0.3 is 19.7 Å². The maximum absolute atomic E-state index is 12.0. The van der Waals surface area contributed by atoms with E-state index in [0.29, 0.717) is 11.8 Å². The van der Waals surface area contributed by atoms with Gasteiger partial charge in [0.15, 0.2) is 0 Å². The third-order valence-electron chi connectivity index (χ3n) is 3.64. The second kappa shape index (κ2) is 8.59. The number of ether oxygens (including phenoxy) is 2. The van der Waals surface area contributed by atoms with Crippen molar-refractivity contribution in [3.05, 3.63) is 0 Å². The number of carbonyl (C=O) groups excluding carboxylic acids is 1. The minimum absolute atomic E-state index is 0.178. The third kappa shape index (κ3) is 7.67. The smallest absolute Gasteiger partial charge is 0.410 e. The minimum atomic E-state index is -0.410. The van der Waals surface area contributed by atoms with E-state index in [-0.39, 0.29) is 6.09 Å². The summed E-state index contributed by atoms with van der Waals surface area (Å²) in [6.07, 6.45) is 1.91. The molecular formula is C16H32N2O3. The predicted octanol–water partition coefficient (Wildman–Crippen LogP) is 2.51. The predicted molar refractivity (Wildman–Crippen MR) is 84.4 cm³/mol. The number of hydrogen-bond acceptors (Lipinski definition) is 4. The van der Waals surface area contributed by atoms with E-state index in [1.807, 2.05) is 25.7 Å². The number of carbonyl (C=O) groups is 1. The van der Waals surface area contributed by atoms with Gasteiger partial charge in [0.05, 0.1) is 0 Å². The van der Waals surface area contributed by atoms with Crippen LogP contribution in [0, 0.1) is 11.8 Å². The Morgan fingerprint density at radius 1 is 1.33 bits per heavy atom. The normalized spacial score (nSPS) is 18.6. The molecule has 0 aromatic rings. The van der Waals surface area contributed by atoms with Crippen molar-refractivity contribution in [1.82, 2.24) is 10.2 Å². The lowest BCUT2D eigenvalue weighted by Gasteiger charge is -2.33. The van der Waals surface area contributed by atoms with Crippen LogP contribution in [0.2, 0.25) is 0 Å². The van der Waals surface area contributed by atoms with Crippen LogP contribution in [-0.2, 0) is 9.47 Å². The number of hydrogen-bond donors (Lipinski definition) is 1. The molecule has 0 bridgehead atoms. The van der Waals surface area contributed by atoms with E-state index in [2.05, 4.69) is 12.2 Å². The average molecular weight is 300 g/mol. The van der Waals surface area contributed by atoms with E-state index in [1.54, 1.807) is 7.11 Å². The van der Waals surface area contributed by atoms with Gasteiger partial charge in [0.2, 0.25) is 0 Å². The van der Waals surface area contributed by atoms with Crippen LogP contribution in [0.15, 0.2) is 0 Å². The Kier molecular flexibility index (Phi) is 7.46. The molecule has 1 atom stereocenters. The molecule has 1 rings (SSSR count). The lowest BCUT2D eigenvalue weighted by Crippen LogP contribution is -2.43. The number of piperidine rings is 1. The SMILES string of the molecule is COCC(C)CNCC1CCN(C(=O)OC(C)(C)C)CC1. The van der Waals surface area contributed by atoms with Gasteiger partial charge in [-0.2, -0.15) is 0 Å². The lowest BCUT2D eigenvalue weighted by molar-refractivity contribution is 0.0183. The van der Waals surface area contributed by atoms with E-state index in [9.17, 15) is 4.79 Å². The van der Waals surface area contributed by atoms with Crippen molar-refractivity contribution in [2.45, 2.75) is 46.1 Å². The molecule has 0 aliphatic carbocycles. The Morgan fingerprint density at radius 2 is 1.95 bits per heavy atom. The fourth-order valence-electron chi connectivity index (χ4n) is 2.52. The molecule has 1 fully saturated rings. The number of likely N-dealkylation sites (tertiary alicyclic amines) is 1. The highest BCUT2D eigenvalue weighted by Crippen LogP contribution is 2.19. The molecule has 0 aromatic carbocycles.